The highest BCUT2D eigenvalue weighted by Crippen LogP contribution is 2.28. The molecule has 0 saturated heterocycles. The number of anilines is 2. The number of H-pyrrole nitrogens is 1. The summed E-state index contributed by atoms with van der Waals surface area (Å²) in [6, 6.07) is 6.66. The topological polar surface area (TPSA) is 272 Å². The van der Waals surface area contributed by atoms with Crippen molar-refractivity contribution in [3.05, 3.63) is 70.0 Å². The summed E-state index contributed by atoms with van der Waals surface area (Å²) in [4.78, 5) is 51.9. The number of nitrogens with zero attached hydrogens (tertiary/aromatic N) is 5. The Labute approximate surface area is 242 Å². The summed E-state index contributed by atoms with van der Waals surface area (Å²) in [5.74, 6) is -1.44. The summed E-state index contributed by atoms with van der Waals surface area (Å²) in [7, 11) is -6.68. The predicted octanol–water partition coefficient (Wildman–Crippen LogP) is -0.0719. The smallest absolute Gasteiger partial charge is 0.320 e. The minimum absolute atomic E-state index is 0.0102. The van der Waals surface area contributed by atoms with Crippen molar-refractivity contribution in [2.45, 2.75) is 9.79 Å². The molecule has 18 nitrogen and oxygen atoms in total. The first-order valence-electron chi connectivity index (χ1n) is 11.6. The molecule has 7 N–H and O–H groups in total. The van der Waals surface area contributed by atoms with E-state index in [2.05, 4.69) is 10.2 Å². The molecular weight excluding hydrogens is 612 g/mol. The van der Waals surface area contributed by atoms with E-state index in [0.29, 0.717) is 0 Å². The fourth-order valence-corrected chi connectivity index (χ4v) is 4.80. The molecule has 0 spiro atoms. The van der Waals surface area contributed by atoms with Crippen molar-refractivity contribution in [1.29, 1.82) is 0 Å². The Morgan fingerprint density at radius 2 is 1.30 bits per heavy atom. The number of carbonyl (C=O) groups excluding carboxylic acids is 3. The summed E-state index contributed by atoms with van der Waals surface area (Å²) in [6.07, 6.45) is 1.02. The van der Waals surface area contributed by atoms with Gasteiger partial charge in [0.1, 0.15) is 5.82 Å². The third-order valence-corrected chi connectivity index (χ3v) is 7.88. The average molecular weight is 635 g/mol. The van der Waals surface area contributed by atoms with E-state index >= 15 is 0 Å². The van der Waals surface area contributed by atoms with Gasteiger partial charge in [-0.2, -0.15) is 21.8 Å². The van der Waals surface area contributed by atoms with Crippen molar-refractivity contribution in [3.63, 3.8) is 0 Å². The molecule has 0 aliphatic carbocycles. The molecule has 3 aromatic rings. The highest BCUT2D eigenvalue weighted by Gasteiger charge is 2.36. The Morgan fingerprint density at radius 1 is 0.837 bits per heavy atom. The maximum atomic E-state index is 13.6. The maximum Gasteiger partial charge on any atom is 0.320 e. The van der Waals surface area contributed by atoms with E-state index in [-0.39, 0.29) is 34.2 Å². The molecule has 0 saturated carbocycles. The predicted molar refractivity (Wildman–Crippen MR) is 151 cm³/mol. The second kappa shape index (κ2) is 10.8. The van der Waals surface area contributed by atoms with Crippen LogP contribution in [0.4, 0.5) is 21.1 Å². The van der Waals surface area contributed by atoms with Crippen LogP contribution in [0.15, 0.2) is 73.8 Å². The number of primary amides is 2. The molecule has 20 heteroatoms. The Hall–Kier alpha value is -5.31. The molecule has 2 aromatic carbocycles. The monoisotopic (exact) mass is 634 g/mol. The molecule has 1 aromatic heterocycles. The third-order valence-electron chi connectivity index (χ3n) is 6.14. The number of hydrogen-bond donors (Lipinski definition) is 5. The van der Waals surface area contributed by atoms with Gasteiger partial charge in [-0.05, 0) is 54.6 Å². The number of hydrazone groups is 1. The van der Waals surface area contributed by atoms with E-state index in [1.807, 2.05) is 0 Å². The lowest BCUT2D eigenvalue weighted by Gasteiger charge is -2.14. The van der Waals surface area contributed by atoms with Crippen LogP contribution in [-0.2, 0) is 25.0 Å². The minimum atomic E-state index is -4.54. The first kappa shape index (κ1) is 30.6. The lowest BCUT2D eigenvalue weighted by atomic mass is 10.1. The number of urea groups is 2. The van der Waals surface area contributed by atoms with Gasteiger partial charge in [-0.3, -0.25) is 33.6 Å². The van der Waals surface area contributed by atoms with Crippen LogP contribution in [0.2, 0.25) is 0 Å². The Morgan fingerprint density at radius 3 is 1.74 bits per heavy atom. The number of amides is 5. The molecule has 0 unspecified atom stereocenters. The number of nitrogens with one attached hydrogen (secondary N) is 1. The molecule has 226 valence electrons. The highest BCUT2D eigenvalue weighted by molar-refractivity contribution is 7.86. The number of aromatic nitrogens is 2. The lowest BCUT2D eigenvalue weighted by molar-refractivity contribution is -0.114. The third kappa shape index (κ3) is 5.88. The zero-order chi connectivity index (χ0) is 32.0. The van der Waals surface area contributed by atoms with Gasteiger partial charge in [-0.15, -0.1) is 5.10 Å². The number of nitrogens with two attached hydrogens (primary N) is 2. The fourth-order valence-electron chi connectivity index (χ4n) is 3.84. The van der Waals surface area contributed by atoms with E-state index in [1.165, 1.54) is 26.2 Å². The van der Waals surface area contributed by atoms with Crippen molar-refractivity contribution < 1.29 is 40.3 Å². The van der Waals surface area contributed by atoms with Crippen LogP contribution in [0.25, 0.3) is 11.8 Å². The van der Waals surface area contributed by atoms with Crippen LogP contribution >= 0.6 is 0 Å². The quantitative estimate of drug-likeness (QED) is 0.178. The van der Waals surface area contributed by atoms with Crippen molar-refractivity contribution in [1.82, 2.24) is 14.7 Å². The molecule has 1 aliphatic rings. The van der Waals surface area contributed by atoms with Crippen molar-refractivity contribution in [3.8, 4) is 5.69 Å². The number of aromatic amines is 1. The summed E-state index contributed by atoms with van der Waals surface area (Å²) in [5.41, 5.74) is 9.33. The van der Waals surface area contributed by atoms with E-state index in [0.717, 1.165) is 62.0 Å². The van der Waals surface area contributed by atoms with E-state index in [4.69, 9.17) is 11.5 Å². The second-order valence-corrected chi connectivity index (χ2v) is 11.7. The Bertz CT molecular complexity index is 2000. The van der Waals surface area contributed by atoms with Gasteiger partial charge in [0.25, 0.3) is 31.7 Å². The zero-order valence-corrected chi connectivity index (χ0v) is 23.7. The first-order valence-corrected chi connectivity index (χ1v) is 14.5. The van der Waals surface area contributed by atoms with Crippen LogP contribution in [0, 0.1) is 0 Å². The molecule has 43 heavy (non-hydrogen) atoms. The fraction of sp³-hybridized carbons (Fsp3) is 0.0870. The SMILES string of the molecule is CN(C(N)=O)C1=NN(c2ccc(S(=O)(=O)O)cc2)C(=O)C1=Cc1c(N(C)C(N)=O)[nH]n(-c2ccc(S(=O)(=O)O)cc2)c1=O. The molecule has 0 atom stereocenters. The maximum absolute atomic E-state index is 13.6. The zero-order valence-electron chi connectivity index (χ0n) is 22.1. The number of hydrogen-bond acceptors (Lipinski definition) is 9. The highest BCUT2D eigenvalue weighted by atomic mass is 32.2. The number of carbonyl (C=O) groups is 3. The van der Waals surface area contributed by atoms with Gasteiger partial charge >= 0.3 is 12.1 Å². The number of rotatable bonds is 6. The van der Waals surface area contributed by atoms with E-state index in [1.54, 1.807) is 0 Å². The standard InChI is InChI=1S/C23H22N8O10S2/c1-28(22(24)34)18-16(20(32)30(26-18)12-3-7-14(8-4-12)42(36,37)38)11-17-19(29(2)23(25)35)27-31(21(17)33)13-5-9-15(10-6-13)43(39,40)41/h3-11,26H,1-2H3,(H2,24,34)(H2,25,35)(H,36,37,38)(H,39,40,41). The minimum Gasteiger partial charge on any atom is -0.351 e. The second-order valence-electron chi connectivity index (χ2n) is 8.85. The summed E-state index contributed by atoms with van der Waals surface area (Å²) < 4.78 is 65.0. The van der Waals surface area contributed by atoms with Crippen molar-refractivity contribution in [2.75, 3.05) is 24.0 Å². The van der Waals surface area contributed by atoms with Crippen LogP contribution in [0.5, 0.6) is 0 Å². The Kier molecular flexibility index (Phi) is 7.72. The van der Waals surface area contributed by atoms with Gasteiger partial charge in [-0.1, -0.05) is 0 Å². The number of amidine groups is 1. The lowest BCUT2D eigenvalue weighted by Crippen LogP contribution is -2.38. The molecule has 2 heterocycles. The largest absolute Gasteiger partial charge is 0.351 e. The van der Waals surface area contributed by atoms with Gasteiger partial charge in [0, 0.05) is 14.1 Å². The van der Waals surface area contributed by atoms with Gasteiger partial charge in [-0.25, -0.2) is 14.3 Å². The average Bonchev–Trinajstić information content (AvgIpc) is 3.43. The van der Waals surface area contributed by atoms with Gasteiger partial charge in [0.05, 0.1) is 32.3 Å². The molecular formula is C23H22N8O10S2. The van der Waals surface area contributed by atoms with Crippen LogP contribution in [0.3, 0.4) is 0 Å². The van der Waals surface area contributed by atoms with Gasteiger partial charge in [0.15, 0.2) is 5.84 Å². The van der Waals surface area contributed by atoms with Crippen LogP contribution < -0.4 is 26.9 Å². The summed E-state index contributed by atoms with van der Waals surface area (Å²) in [5, 5.41) is 7.54. The summed E-state index contributed by atoms with van der Waals surface area (Å²) >= 11 is 0. The summed E-state index contributed by atoms with van der Waals surface area (Å²) in [6.45, 7) is 0. The van der Waals surface area contributed by atoms with Crippen molar-refractivity contribution in [2.24, 2.45) is 16.6 Å². The van der Waals surface area contributed by atoms with Crippen LogP contribution in [0.1, 0.15) is 5.56 Å². The van der Waals surface area contributed by atoms with E-state index in [9.17, 15) is 45.1 Å². The first-order chi connectivity index (χ1) is 19.9. The molecule has 1 aliphatic heterocycles. The molecule has 0 radical (unpaired) electrons. The van der Waals surface area contributed by atoms with Gasteiger partial charge in [0.2, 0.25) is 0 Å². The van der Waals surface area contributed by atoms with E-state index < -0.39 is 53.6 Å². The Balaban J connectivity index is 1.90. The van der Waals surface area contributed by atoms with Crippen molar-refractivity contribution >= 4 is 61.6 Å². The molecule has 0 fully saturated rings. The van der Waals surface area contributed by atoms with Crippen LogP contribution in [-0.4, -0.2) is 78.5 Å². The normalized spacial score (nSPS) is 14.6. The van der Waals surface area contributed by atoms with Gasteiger partial charge < -0.3 is 11.5 Å². The molecule has 5 amide bonds. The number of benzene rings is 2. The number of likely N-dealkylation sites (N-methyl/N-ethyl adjacent to an activating group) is 1. The molecule has 4 rings (SSSR count). The molecule has 0 bridgehead atoms.